The van der Waals surface area contributed by atoms with Crippen molar-refractivity contribution in [2.24, 2.45) is 5.73 Å². The summed E-state index contributed by atoms with van der Waals surface area (Å²) in [6.07, 6.45) is -4.20. The number of benzene rings is 2. The maximum absolute atomic E-state index is 13.6. The summed E-state index contributed by atoms with van der Waals surface area (Å²) >= 11 is 7.25. The molecule has 0 radical (unpaired) electrons. The zero-order valence-corrected chi connectivity index (χ0v) is 17.4. The third kappa shape index (κ3) is 6.94. The minimum absolute atomic E-state index is 0.0736. The number of rotatable bonds is 9. The fraction of sp³-hybridized carbons (Fsp3) is 0.381. The van der Waals surface area contributed by atoms with Crippen LogP contribution in [0.2, 0.25) is 5.02 Å². The Bertz CT molecular complexity index is 828. The van der Waals surface area contributed by atoms with Gasteiger partial charge in [-0.1, -0.05) is 41.9 Å². The third-order valence-electron chi connectivity index (χ3n) is 4.65. The number of carbonyl (C=O) groups is 1. The van der Waals surface area contributed by atoms with E-state index in [0.717, 1.165) is 16.7 Å². The number of aliphatic carboxylic acids is 1. The molecule has 0 fully saturated rings. The topological polar surface area (TPSA) is 63.3 Å². The van der Waals surface area contributed by atoms with Gasteiger partial charge in [0.05, 0.1) is 5.92 Å². The largest absolute Gasteiger partial charge is 0.480 e. The number of carboxylic acids is 1. The van der Waals surface area contributed by atoms with E-state index in [9.17, 15) is 18.0 Å². The molecule has 8 heteroatoms. The van der Waals surface area contributed by atoms with Gasteiger partial charge in [0, 0.05) is 5.02 Å². The van der Waals surface area contributed by atoms with E-state index in [4.69, 9.17) is 22.4 Å². The van der Waals surface area contributed by atoms with Crippen molar-refractivity contribution in [3.05, 3.63) is 58.6 Å². The van der Waals surface area contributed by atoms with Crippen LogP contribution in [-0.4, -0.2) is 34.8 Å². The van der Waals surface area contributed by atoms with Gasteiger partial charge < -0.3 is 10.8 Å². The number of aryl methyl sites for hydroxylation is 1. The normalized spacial score (nSPS) is 13.9. The van der Waals surface area contributed by atoms with E-state index in [1.807, 2.05) is 19.1 Å². The van der Waals surface area contributed by atoms with Crippen LogP contribution in [-0.2, 0) is 4.79 Å². The highest BCUT2D eigenvalue weighted by Crippen LogP contribution is 2.39. The lowest BCUT2D eigenvalue weighted by Gasteiger charge is -2.21. The van der Waals surface area contributed by atoms with E-state index in [1.165, 1.54) is 23.9 Å². The van der Waals surface area contributed by atoms with Crippen molar-refractivity contribution in [3.63, 3.8) is 0 Å². The molecule has 0 aromatic heterocycles. The Balaban J connectivity index is 2.04. The molecule has 2 atom stereocenters. The fourth-order valence-corrected chi connectivity index (χ4v) is 4.26. The first kappa shape index (κ1) is 23.6. The minimum Gasteiger partial charge on any atom is -0.480 e. The lowest BCUT2D eigenvalue weighted by Crippen LogP contribution is -2.30. The zero-order valence-electron chi connectivity index (χ0n) is 15.9. The van der Waals surface area contributed by atoms with Crippen LogP contribution in [0.15, 0.2) is 42.5 Å². The molecule has 0 aliphatic carbocycles. The van der Waals surface area contributed by atoms with Gasteiger partial charge >= 0.3 is 12.1 Å². The Morgan fingerprint density at radius 3 is 2.31 bits per heavy atom. The molecule has 3 N–H and O–H groups in total. The number of hydrogen-bond acceptors (Lipinski definition) is 3. The summed E-state index contributed by atoms with van der Waals surface area (Å²) in [5.41, 5.74) is 8.33. The lowest BCUT2D eigenvalue weighted by atomic mass is 9.93. The Labute approximate surface area is 177 Å². The molecule has 0 spiro atoms. The summed E-state index contributed by atoms with van der Waals surface area (Å²) in [4.78, 5) is 10.7. The lowest BCUT2D eigenvalue weighted by molar-refractivity contribution is -0.150. The van der Waals surface area contributed by atoms with Crippen LogP contribution in [0.5, 0.6) is 0 Å². The van der Waals surface area contributed by atoms with E-state index in [1.54, 1.807) is 18.2 Å². The van der Waals surface area contributed by atoms with Crippen molar-refractivity contribution >= 4 is 29.3 Å². The van der Waals surface area contributed by atoms with Crippen molar-refractivity contribution in [3.8, 4) is 11.1 Å². The predicted molar refractivity (Wildman–Crippen MR) is 113 cm³/mol. The maximum atomic E-state index is 13.6. The maximum Gasteiger partial charge on any atom is 0.395 e. The second-order valence-electron chi connectivity index (χ2n) is 6.81. The SMILES string of the molecule is Cc1cc(Cl)ccc1-c1ccc(C(CCSCCC(N)C(=O)O)C(F)(F)F)cc1. The van der Waals surface area contributed by atoms with Gasteiger partial charge in [-0.15, -0.1) is 0 Å². The predicted octanol–water partition coefficient (Wildman–Crippen LogP) is 5.89. The minimum atomic E-state index is -4.35. The van der Waals surface area contributed by atoms with Crippen molar-refractivity contribution in [1.29, 1.82) is 0 Å². The summed E-state index contributed by atoms with van der Waals surface area (Å²) in [6.45, 7) is 1.90. The highest BCUT2D eigenvalue weighted by atomic mass is 35.5. The second kappa shape index (κ2) is 10.4. The first-order valence-electron chi connectivity index (χ1n) is 9.09. The summed E-state index contributed by atoms with van der Waals surface area (Å²) in [5.74, 6) is -1.99. The first-order chi connectivity index (χ1) is 13.6. The van der Waals surface area contributed by atoms with E-state index in [-0.39, 0.29) is 24.2 Å². The Morgan fingerprint density at radius 1 is 1.14 bits per heavy atom. The van der Waals surface area contributed by atoms with Gasteiger partial charge in [-0.05, 0) is 65.7 Å². The van der Waals surface area contributed by atoms with E-state index < -0.39 is 24.1 Å². The number of hydrogen-bond donors (Lipinski definition) is 2. The molecule has 0 heterocycles. The Morgan fingerprint density at radius 2 is 1.76 bits per heavy atom. The van der Waals surface area contributed by atoms with Gasteiger partial charge in [0.15, 0.2) is 0 Å². The molecule has 2 aromatic carbocycles. The van der Waals surface area contributed by atoms with E-state index >= 15 is 0 Å². The van der Waals surface area contributed by atoms with Crippen LogP contribution in [0.4, 0.5) is 13.2 Å². The van der Waals surface area contributed by atoms with Gasteiger partial charge in [-0.25, -0.2) is 0 Å². The molecule has 2 unspecified atom stereocenters. The molecule has 0 saturated heterocycles. The number of nitrogens with two attached hydrogens (primary N) is 1. The summed E-state index contributed by atoms with van der Waals surface area (Å²) in [6, 6.07) is 10.9. The van der Waals surface area contributed by atoms with Crippen molar-refractivity contribution in [2.45, 2.75) is 37.9 Å². The molecular formula is C21H23ClF3NO2S. The first-order valence-corrected chi connectivity index (χ1v) is 10.6. The zero-order chi connectivity index (χ0) is 21.6. The fourth-order valence-electron chi connectivity index (χ4n) is 3.00. The Kier molecular flexibility index (Phi) is 8.43. The molecular weight excluding hydrogens is 423 g/mol. The second-order valence-corrected chi connectivity index (χ2v) is 8.47. The standard InChI is InChI=1S/C21H23ClF3NO2S/c1-13-12-16(22)6-7-17(13)14-2-4-15(5-3-14)18(21(23,24)25)8-10-29-11-9-19(26)20(27)28/h2-7,12,18-19H,8-11,26H2,1H3,(H,27,28). The van der Waals surface area contributed by atoms with Crippen LogP contribution < -0.4 is 5.73 Å². The molecule has 3 nitrogen and oxygen atoms in total. The molecule has 0 bridgehead atoms. The quantitative estimate of drug-likeness (QED) is 0.472. The Hall–Kier alpha value is -1.70. The number of alkyl halides is 3. The number of thioether (sulfide) groups is 1. The number of halogens is 4. The highest BCUT2D eigenvalue weighted by molar-refractivity contribution is 7.99. The van der Waals surface area contributed by atoms with Gasteiger partial charge in [-0.3, -0.25) is 4.79 Å². The molecule has 2 rings (SSSR count). The van der Waals surface area contributed by atoms with E-state index in [0.29, 0.717) is 10.8 Å². The molecule has 0 aliphatic rings. The summed E-state index contributed by atoms with van der Waals surface area (Å²) in [5, 5.41) is 9.34. The molecule has 0 saturated carbocycles. The molecule has 29 heavy (non-hydrogen) atoms. The van der Waals surface area contributed by atoms with Crippen molar-refractivity contribution in [1.82, 2.24) is 0 Å². The van der Waals surface area contributed by atoms with Crippen LogP contribution in [0.25, 0.3) is 11.1 Å². The van der Waals surface area contributed by atoms with Crippen LogP contribution in [0, 0.1) is 6.92 Å². The van der Waals surface area contributed by atoms with Crippen molar-refractivity contribution < 1.29 is 23.1 Å². The molecule has 158 valence electrons. The average molecular weight is 446 g/mol. The summed E-state index contributed by atoms with van der Waals surface area (Å²) < 4.78 is 40.7. The van der Waals surface area contributed by atoms with Crippen LogP contribution in [0.3, 0.4) is 0 Å². The van der Waals surface area contributed by atoms with Crippen molar-refractivity contribution in [2.75, 3.05) is 11.5 Å². The number of carboxylic acid groups (broad SMARTS) is 1. The van der Waals surface area contributed by atoms with Crippen LogP contribution >= 0.6 is 23.4 Å². The summed E-state index contributed by atoms with van der Waals surface area (Å²) in [7, 11) is 0. The van der Waals surface area contributed by atoms with Gasteiger partial charge in [0.2, 0.25) is 0 Å². The molecule has 0 aliphatic heterocycles. The molecule has 2 aromatic rings. The van der Waals surface area contributed by atoms with Gasteiger partial charge in [0.1, 0.15) is 6.04 Å². The van der Waals surface area contributed by atoms with Crippen LogP contribution in [0.1, 0.15) is 29.9 Å². The van der Waals surface area contributed by atoms with Gasteiger partial charge in [0.25, 0.3) is 0 Å². The average Bonchev–Trinajstić information content (AvgIpc) is 2.63. The van der Waals surface area contributed by atoms with E-state index in [2.05, 4.69) is 0 Å². The molecule has 0 amide bonds. The van der Waals surface area contributed by atoms with Gasteiger partial charge in [-0.2, -0.15) is 24.9 Å². The smallest absolute Gasteiger partial charge is 0.395 e. The monoisotopic (exact) mass is 445 g/mol. The highest BCUT2D eigenvalue weighted by Gasteiger charge is 2.40. The third-order valence-corrected chi connectivity index (χ3v) is 5.93.